The molecule has 0 aromatic heterocycles. The van der Waals surface area contributed by atoms with Gasteiger partial charge in [-0.3, -0.25) is 9.59 Å². The lowest BCUT2D eigenvalue weighted by molar-refractivity contribution is -0.133. The Kier molecular flexibility index (Phi) is 5.04. The van der Waals surface area contributed by atoms with Gasteiger partial charge in [0.25, 0.3) is 0 Å². The lowest BCUT2D eigenvalue weighted by Gasteiger charge is -2.20. The number of carbonyl (C=O) groups excluding carboxylic acids is 2. The number of likely N-dealkylation sites (tertiary alicyclic amines) is 1. The highest BCUT2D eigenvalue weighted by Gasteiger charge is 2.51. The first-order valence-corrected chi connectivity index (χ1v) is 7.92. The van der Waals surface area contributed by atoms with E-state index in [1.165, 1.54) is 0 Å². The lowest BCUT2D eigenvalue weighted by Crippen LogP contribution is -2.42. The zero-order valence-electron chi connectivity index (χ0n) is 12.9. The molecule has 0 bridgehead atoms. The van der Waals surface area contributed by atoms with Crippen LogP contribution in [0.25, 0.3) is 0 Å². The highest BCUT2D eigenvalue weighted by molar-refractivity contribution is 5.91. The fourth-order valence-electron chi connectivity index (χ4n) is 2.90. The summed E-state index contributed by atoms with van der Waals surface area (Å²) < 4.78 is 0. The Bertz CT molecular complexity index is 429. The number of rotatable bonds is 7. The van der Waals surface area contributed by atoms with Crippen molar-refractivity contribution in [3.05, 3.63) is 12.2 Å². The summed E-state index contributed by atoms with van der Waals surface area (Å²) in [6, 6.07) is 0. The third kappa shape index (κ3) is 3.64. The molecule has 0 radical (unpaired) electrons. The molecule has 21 heavy (non-hydrogen) atoms. The van der Waals surface area contributed by atoms with Gasteiger partial charge in [0.2, 0.25) is 11.8 Å². The number of unbranched alkanes of at least 4 members (excludes halogenated alkanes) is 1. The Hall–Kier alpha value is -1.36. The Labute approximate surface area is 126 Å². The molecule has 0 spiro atoms. The van der Waals surface area contributed by atoms with E-state index < -0.39 is 11.5 Å². The van der Waals surface area contributed by atoms with Crippen LogP contribution in [0.5, 0.6) is 0 Å². The SMILES string of the molecule is C=C(CCCC)C1(C(=O)NCC(=O)N2CCC(O)C2)CC1. The van der Waals surface area contributed by atoms with E-state index in [0.717, 1.165) is 37.7 Å². The number of hydrogen-bond donors (Lipinski definition) is 2. The second-order valence-electron chi connectivity index (χ2n) is 6.25. The topological polar surface area (TPSA) is 69.6 Å². The minimum absolute atomic E-state index is 0.0222. The van der Waals surface area contributed by atoms with Gasteiger partial charge in [-0.05, 0) is 32.1 Å². The molecule has 5 nitrogen and oxygen atoms in total. The van der Waals surface area contributed by atoms with Gasteiger partial charge in [0.05, 0.1) is 18.1 Å². The Balaban J connectivity index is 1.79. The summed E-state index contributed by atoms with van der Waals surface area (Å²) >= 11 is 0. The minimum Gasteiger partial charge on any atom is -0.391 e. The van der Waals surface area contributed by atoms with Crippen molar-refractivity contribution in [1.82, 2.24) is 10.2 Å². The normalized spacial score (nSPS) is 23.0. The van der Waals surface area contributed by atoms with Crippen LogP contribution >= 0.6 is 0 Å². The van der Waals surface area contributed by atoms with E-state index in [9.17, 15) is 14.7 Å². The zero-order chi connectivity index (χ0) is 15.5. The number of nitrogens with zero attached hydrogens (tertiary/aromatic N) is 1. The summed E-state index contributed by atoms with van der Waals surface area (Å²) in [7, 11) is 0. The molecule has 1 atom stereocenters. The molecule has 2 rings (SSSR count). The third-order valence-electron chi connectivity index (χ3n) is 4.61. The van der Waals surface area contributed by atoms with Crippen LogP contribution in [0.2, 0.25) is 0 Å². The fraction of sp³-hybridized carbons (Fsp3) is 0.750. The number of aliphatic hydroxyl groups excluding tert-OH is 1. The standard InChI is InChI=1S/C16H26N2O3/c1-3-4-5-12(2)16(7-8-16)15(21)17-10-14(20)18-9-6-13(19)11-18/h13,19H,2-11H2,1H3,(H,17,21). The first-order chi connectivity index (χ1) is 9.99. The molecule has 1 aliphatic carbocycles. The Morgan fingerprint density at radius 1 is 1.43 bits per heavy atom. The number of carbonyl (C=O) groups is 2. The van der Waals surface area contributed by atoms with Gasteiger partial charge < -0.3 is 15.3 Å². The summed E-state index contributed by atoms with van der Waals surface area (Å²) in [5.74, 6) is -0.174. The quantitative estimate of drug-likeness (QED) is 0.694. The van der Waals surface area contributed by atoms with Crippen LogP contribution in [0.15, 0.2) is 12.2 Å². The molecule has 2 N–H and O–H groups in total. The van der Waals surface area contributed by atoms with Gasteiger partial charge in [-0.25, -0.2) is 0 Å². The molecule has 1 saturated heterocycles. The van der Waals surface area contributed by atoms with Crippen molar-refractivity contribution in [1.29, 1.82) is 0 Å². The molecule has 1 aliphatic heterocycles. The molecule has 2 amide bonds. The van der Waals surface area contributed by atoms with E-state index in [2.05, 4.69) is 18.8 Å². The molecule has 5 heteroatoms. The van der Waals surface area contributed by atoms with Crippen LogP contribution in [0, 0.1) is 5.41 Å². The van der Waals surface area contributed by atoms with E-state index >= 15 is 0 Å². The van der Waals surface area contributed by atoms with Crippen LogP contribution in [0.4, 0.5) is 0 Å². The van der Waals surface area contributed by atoms with Gasteiger partial charge in [-0.1, -0.05) is 25.5 Å². The highest BCUT2D eigenvalue weighted by atomic mass is 16.3. The average Bonchev–Trinajstić information content (AvgIpc) is 3.18. The maximum absolute atomic E-state index is 12.3. The number of β-amino-alcohol motifs (C(OH)–C–C–N with tert-alkyl or cyclic N) is 1. The average molecular weight is 294 g/mol. The lowest BCUT2D eigenvalue weighted by atomic mass is 9.92. The van der Waals surface area contributed by atoms with Crippen LogP contribution in [-0.2, 0) is 9.59 Å². The highest BCUT2D eigenvalue weighted by Crippen LogP contribution is 2.52. The summed E-state index contributed by atoms with van der Waals surface area (Å²) in [6.07, 6.45) is 4.92. The van der Waals surface area contributed by atoms with Crippen molar-refractivity contribution in [2.45, 2.75) is 51.6 Å². The molecule has 2 aliphatic rings. The second-order valence-corrected chi connectivity index (χ2v) is 6.25. The monoisotopic (exact) mass is 294 g/mol. The van der Waals surface area contributed by atoms with Gasteiger partial charge in [-0.15, -0.1) is 0 Å². The Morgan fingerprint density at radius 2 is 2.14 bits per heavy atom. The molecule has 118 valence electrons. The summed E-state index contributed by atoms with van der Waals surface area (Å²) in [4.78, 5) is 25.9. The molecular weight excluding hydrogens is 268 g/mol. The van der Waals surface area contributed by atoms with Crippen LogP contribution in [-0.4, -0.2) is 47.6 Å². The number of aliphatic hydroxyl groups is 1. The van der Waals surface area contributed by atoms with Crippen LogP contribution in [0.1, 0.15) is 45.4 Å². The predicted molar refractivity (Wildman–Crippen MR) is 80.5 cm³/mol. The third-order valence-corrected chi connectivity index (χ3v) is 4.61. The summed E-state index contributed by atoms with van der Waals surface area (Å²) in [6.45, 7) is 7.17. The van der Waals surface area contributed by atoms with Crippen molar-refractivity contribution in [2.75, 3.05) is 19.6 Å². The number of amides is 2. The van der Waals surface area contributed by atoms with Gasteiger partial charge in [0.1, 0.15) is 0 Å². The van der Waals surface area contributed by atoms with Gasteiger partial charge in [0, 0.05) is 13.1 Å². The zero-order valence-corrected chi connectivity index (χ0v) is 12.9. The molecule has 0 aromatic carbocycles. The van der Waals surface area contributed by atoms with Crippen molar-refractivity contribution in [3.63, 3.8) is 0 Å². The molecule has 1 saturated carbocycles. The number of nitrogens with one attached hydrogen (secondary N) is 1. The van der Waals surface area contributed by atoms with Crippen molar-refractivity contribution < 1.29 is 14.7 Å². The maximum Gasteiger partial charge on any atom is 0.242 e. The van der Waals surface area contributed by atoms with Crippen molar-refractivity contribution in [2.24, 2.45) is 5.41 Å². The smallest absolute Gasteiger partial charge is 0.242 e. The molecule has 0 aromatic rings. The van der Waals surface area contributed by atoms with Crippen molar-refractivity contribution in [3.8, 4) is 0 Å². The van der Waals surface area contributed by atoms with E-state index in [1.807, 2.05) is 0 Å². The van der Waals surface area contributed by atoms with Gasteiger partial charge in [0.15, 0.2) is 0 Å². The van der Waals surface area contributed by atoms with E-state index in [-0.39, 0.29) is 18.4 Å². The van der Waals surface area contributed by atoms with Crippen LogP contribution in [0.3, 0.4) is 0 Å². The molecule has 2 fully saturated rings. The van der Waals surface area contributed by atoms with Crippen molar-refractivity contribution >= 4 is 11.8 Å². The molecular formula is C16H26N2O3. The Morgan fingerprint density at radius 3 is 2.67 bits per heavy atom. The van der Waals surface area contributed by atoms with Crippen LogP contribution < -0.4 is 5.32 Å². The minimum atomic E-state index is -0.423. The first kappa shape index (κ1) is 16.0. The summed E-state index contributed by atoms with van der Waals surface area (Å²) in [5, 5.41) is 12.2. The maximum atomic E-state index is 12.3. The van der Waals surface area contributed by atoms with E-state index in [0.29, 0.717) is 19.5 Å². The summed E-state index contributed by atoms with van der Waals surface area (Å²) in [5.41, 5.74) is 0.589. The number of hydrogen-bond acceptors (Lipinski definition) is 3. The second kappa shape index (κ2) is 6.60. The molecule has 1 heterocycles. The largest absolute Gasteiger partial charge is 0.391 e. The van der Waals surface area contributed by atoms with Gasteiger partial charge in [-0.2, -0.15) is 0 Å². The predicted octanol–water partition coefficient (Wildman–Crippen LogP) is 1.22. The van der Waals surface area contributed by atoms with E-state index in [1.54, 1.807) is 4.90 Å². The van der Waals surface area contributed by atoms with Gasteiger partial charge >= 0.3 is 0 Å². The molecule has 1 unspecified atom stereocenters. The first-order valence-electron chi connectivity index (χ1n) is 7.92. The fourth-order valence-corrected chi connectivity index (χ4v) is 2.90. The van der Waals surface area contributed by atoms with E-state index in [4.69, 9.17) is 0 Å².